The van der Waals surface area contributed by atoms with Crippen molar-refractivity contribution >= 4 is 0 Å². The van der Waals surface area contributed by atoms with Crippen LogP contribution in [0.25, 0.3) is 0 Å². The van der Waals surface area contributed by atoms with Crippen molar-refractivity contribution in [2.75, 3.05) is 6.61 Å². The number of rotatable bonds is 2. The molecule has 38 valence electrons. The van der Waals surface area contributed by atoms with E-state index in [1.165, 1.54) is 0 Å². The molecule has 0 aromatic heterocycles. The Kier molecular flexibility index (Phi) is 10.6. The van der Waals surface area contributed by atoms with Crippen LogP contribution in [0.3, 0.4) is 0 Å². The Balaban J connectivity index is 0. The minimum Gasteiger partial charge on any atom is -0.563 e. The van der Waals surface area contributed by atoms with E-state index in [0.29, 0.717) is 6.61 Å². The molecule has 0 aromatic rings. The zero-order valence-corrected chi connectivity index (χ0v) is 6.20. The minimum atomic E-state index is -1.08. The summed E-state index contributed by atoms with van der Waals surface area (Å²) >= 11 is 0. The van der Waals surface area contributed by atoms with Gasteiger partial charge in [-0.05, 0) is 6.10 Å². The van der Waals surface area contributed by atoms with Crippen molar-refractivity contribution in [2.45, 2.75) is 6.10 Å². The average Bonchev–Trinajstić information content (AvgIpc) is 1.65. The van der Waals surface area contributed by atoms with E-state index in [2.05, 4.69) is 0 Å². The van der Waals surface area contributed by atoms with Crippen LogP contribution < -0.4 is 29.6 Å². The van der Waals surface area contributed by atoms with E-state index in [-0.39, 0.29) is 29.6 Å². The standard InChI is InChI=1S/C3H7O3.Na/c4-1-3(6)2-5;/h1,3-6H,2H2;/q-1;+1. The van der Waals surface area contributed by atoms with E-state index in [0.717, 1.165) is 0 Å². The van der Waals surface area contributed by atoms with Gasteiger partial charge in [-0.15, -0.1) is 0 Å². The SMILES string of the molecule is O[CH-]C(O)CO.[Na+]. The van der Waals surface area contributed by atoms with Gasteiger partial charge in [0.25, 0.3) is 0 Å². The second-order valence-corrected chi connectivity index (χ2v) is 0.899. The zero-order valence-electron chi connectivity index (χ0n) is 4.20. The van der Waals surface area contributed by atoms with Gasteiger partial charge >= 0.3 is 29.6 Å². The van der Waals surface area contributed by atoms with Gasteiger partial charge in [-0.1, -0.05) is 0 Å². The molecule has 3 nitrogen and oxygen atoms in total. The van der Waals surface area contributed by atoms with Crippen LogP contribution in [0.1, 0.15) is 0 Å². The van der Waals surface area contributed by atoms with Gasteiger partial charge in [0, 0.05) is 6.61 Å². The largest absolute Gasteiger partial charge is 1.00 e. The molecular weight excluding hydrogens is 107 g/mol. The van der Waals surface area contributed by atoms with Gasteiger partial charge < -0.3 is 15.3 Å². The maximum absolute atomic E-state index is 8.11. The van der Waals surface area contributed by atoms with Crippen molar-refractivity contribution in [2.24, 2.45) is 0 Å². The Morgan fingerprint density at radius 1 is 1.57 bits per heavy atom. The van der Waals surface area contributed by atoms with Gasteiger partial charge in [0.15, 0.2) is 0 Å². The Hall–Kier alpha value is 0.880. The molecule has 0 aliphatic heterocycles. The van der Waals surface area contributed by atoms with E-state index in [4.69, 9.17) is 15.3 Å². The zero-order chi connectivity index (χ0) is 4.99. The smallest absolute Gasteiger partial charge is 0.563 e. The number of aliphatic hydroxyl groups excluding tert-OH is 3. The topological polar surface area (TPSA) is 60.7 Å². The summed E-state index contributed by atoms with van der Waals surface area (Å²) in [5.74, 6) is 0. The molecule has 0 amide bonds. The monoisotopic (exact) mass is 114 g/mol. The Labute approximate surface area is 64.3 Å². The normalized spacial score (nSPS) is 12.4. The summed E-state index contributed by atoms with van der Waals surface area (Å²) in [6, 6.07) is 0. The van der Waals surface area contributed by atoms with Crippen LogP contribution >= 0.6 is 0 Å². The van der Waals surface area contributed by atoms with Crippen molar-refractivity contribution in [3.8, 4) is 0 Å². The molecule has 0 aliphatic rings. The first kappa shape index (κ1) is 10.8. The van der Waals surface area contributed by atoms with Crippen molar-refractivity contribution in [3.63, 3.8) is 0 Å². The molecule has 0 fully saturated rings. The molecule has 4 heteroatoms. The first-order chi connectivity index (χ1) is 2.81. The fourth-order valence-corrected chi connectivity index (χ4v) is 0.0471. The van der Waals surface area contributed by atoms with E-state index >= 15 is 0 Å². The molecule has 0 saturated carbocycles. The third kappa shape index (κ3) is 6.88. The second-order valence-electron chi connectivity index (χ2n) is 0.899. The van der Waals surface area contributed by atoms with Gasteiger partial charge in [0.2, 0.25) is 0 Å². The van der Waals surface area contributed by atoms with E-state index < -0.39 is 12.7 Å². The summed E-state index contributed by atoms with van der Waals surface area (Å²) in [4.78, 5) is 0. The van der Waals surface area contributed by atoms with Crippen LogP contribution in [0.2, 0.25) is 0 Å². The summed E-state index contributed by atoms with van der Waals surface area (Å²) < 4.78 is 0. The summed E-state index contributed by atoms with van der Waals surface area (Å²) in [6.07, 6.45) is -1.08. The third-order valence-corrected chi connectivity index (χ3v) is 0.359. The molecule has 3 N–H and O–H groups in total. The maximum atomic E-state index is 8.11. The van der Waals surface area contributed by atoms with Crippen molar-refractivity contribution in [1.82, 2.24) is 0 Å². The summed E-state index contributed by atoms with van der Waals surface area (Å²) in [6.45, 7) is 0.108. The first-order valence-electron chi connectivity index (χ1n) is 1.57. The Morgan fingerprint density at radius 2 is 2.00 bits per heavy atom. The molecule has 0 heterocycles. The molecule has 0 radical (unpaired) electrons. The molecular formula is C3H7NaO3. The van der Waals surface area contributed by atoms with Gasteiger partial charge in [-0.3, -0.25) is 0 Å². The van der Waals surface area contributed by atoms with Crippen LogP contribution in [-0.2, 0) is 0 Å². The van der Waals surface area contributed by atoms with Gasteiger partial charge in [0.05, 0.1) is 0 Å². The van der Waals surface area contributed by atoms with Crippen LogP contribution in [-0.4, -0.2) is 28.0 Å². The predicted octanol–water partition coefficient (Wildman–Crippen LogP) is -4.12. The molecule has 0 spiro atoms. The van der Waals surface area contributed by atoms with Gasteiger partial charge in [0.1, 0.15) is 0 Å². The molecule has 1 unspecified atom stereocenters. The van der Waals surface area contributed by atoms with Crippen molar-refractivity contribution in [3.05, 3.63) is 6.61 Å². The molecule has 0 aromatic carbocycles. The second kappa shape index (κ2) is 6.88. The van der Waals surface area contributed by atoms with Gasteiger partial charge in [-0.2, -0.15) is 6.61 Å². The van der Waals surface area contributed by atoms with Gasteiger partial charge in [-0.25, -0.2) is 0 Å². The van der Waals surface area contributed by atoms with Crippen molar-refractivity contribution < 1.29 is 44.9 Å². The number of hydrogen-bond donors (Lipinski definition) is 3. The van der Waals surface area contributed by atoms with E-state index in [1.807, 2.05) is 0 Å². The summed E-state index contributed by atoms with van der Waals surface area (Å²) in [5.41, 5.74) is 0. The fraction of sp³-hybridized carbons (Fsp3) is 0.667. The minimum absolute atomic E-state index is 0. The van der Waals surface area contributed by atoms with Crippen LogP contribution in [0, 0.1) is 6.61 Å². The first-order valence-corrected chi connectivity index (χ1v) is 1.57. The maximum Gasteiger partial charge on any atom is 1.00 e. The summed E-state index contributed by atoms with van der Waals surface area (Å²) in [7, 11) is 0. The predicted molar refractivity (Wildman–Crippen MR) is 19.3 cm³/mol. The molecule has 0 rings (SSSR count). The number of hydrogen-bond acceptors (Lipinski definition) is 3. The Bertz CT molecular complexity index is 29.4. The van der Waals surface area contributed by atoms with Crippen LogP contribution in [0.4, 0.5) is 0 Å². The quantitative estimate of drug-likeness (QED) is 0.252. The molecule has 0 saturated heterocycles. The number of aliphatic hydroxyl groups is 3. The third-order valence-electron chi connectivity index (χ3n) is 0.359. The molecule has 0 bridgehead atoms. The van der Waals surface area contributed by atoms with Crippen molar-refractivity contribution in [1.29, 1.82) is 0 Å². The van der Waals surface area contributed by atoms with Crippen LogP contribution in [0.15, 0.2) is 0 Å². The molecule has 7 heavy (non-hydrogen) atoms. The van der Waals surface area contributed by atoms with E-state index in [9.17, 15) is 0 Å². The molecule has 0 aliphatic carbocycles. The molecule has 1 atom stereocenters. The average molecular weight is 114 g/mol. The van der Waals surface area contributed by atoms with Crippen LogP contribution in [0.5, 0.6) is 0 Å². The fourth-order valence-electron chi connectivity index (χ4n) is 0.0471. The Morgan fingerprint density at radius 3 is 2.00 bits per heavy atom. The van der Waals surface area contributed by atoms with E-state index in [1.54, 1.807) is 0 Å². The summed E-state index contributed by atoms with van der Waals surface area (Å²) in [5, 5.41) is 23.8.